The van der Waals surface area contributed by atoms with Crippen molar-refractivity contribution in [1.82, 2.24) is 15.3 Å². The summed E-state index contributed by atoms with van der Waals surface area (Å²) in [7, 11) is 0. The van der Waals surface area contributed by atoms with Gasteiger partial charge in [0.15, 0.2) is 5.96 Å². The van der Waals surface area contributed by atoms with Crippen molar-refractivity contribution in [2.45, 2.75) is 45.7 Å². The highest BCUT2D eigenvalue weighted by atomic mass is 32.1. The largest absolute Gasteiger partial charge is 0.370 e. The first kappa shape index (κ1) is 22.7. The van der Waals surface area contributed by atoms with Gasteiger partial charge in [0.1, 0.15) is 9.75 Å². The Bertz CT molecular complexity index is 915. The monoisotopic (exact) mass is 438 g/mol. The number of guanidine groups is 1. The number of rotatable bonds is 9. The SMILES string of the molecule is Cc1nc([C@H](C)N)c(C(=O)N[C@@H](CCCN=C(N)N)c2nc(C)sc2C(N)=O)s1. The van der Waals surface area contributed by atoms with Gasteiger partial charge in [0.2, 0.25) is 0 Å². The van der Waals surface area contributed by atoms with E-state index < -0.39 is 11.9 Å². The third kappa shape index (κ3) is 5.95. The summed E-state index contributed by atoms with van der Waals surface area (Å²) in [6.07, 6.45) is 1.04. The number of carbonyl (C=O) groups is 2. The fraction of sp³-hybridized carbons (Fsp3) is 0.471. The van der Waals surface area contributed by atoms with Gasteiger partial charge in [-0.25, -0.2) is 9.97 Å². The summed E-state index contributed by atoms with van der Waals surface area (Å²) in [6, 6.07) is -0.920. The van der Waals surface area contributed by atoms with E-state index in [0.29, 0.717) is 45.5 Å². The third-order valence-corrected chi connectivity index (χ3v) is 5.95. The van der Waals surface area contributed by atoms with Crippen LogP contribution in [0.2, 0.25) is 0 Å². The van der Waals surface area contributed by atoms with Gasteiger partial charge in [-0.3, -0.25) is 14.6 Å². The number of thiazole rings is 2. The maximum absolute atomic E-state index is 13.0. The Hall–Kier alpha value is -2.57. The quantitative estimate of drug-likeness (QED) is 0.218. The van der Waals surface area contributed by atoms with Crippen molar-refractivity contribution in [3.8, 4) is 0 Å². The zero-order valence-electron chi connectivity index (χ0n) is 16.6. The fourth-order valence-electron chi connectivity index (χ4n) is 2.77. The number of amides is 2. The molecule has 2 aromatic heterocycles. The van der Waals surface area contributed by atoms with Crippen LogP contribution in [0.5, 0.6) is 0 Å². The maximum atomic E-state index is 13.0. The molecule has 0 aromatic carbocycles. The molecule has 2 heterocycles. The van der Waals surface area contributed by atoms with E-state index in [1.165, 1.54) is 22.7 Å². The van der Waals surface area contributed by atoms with Gasteiger partial charge < -0.3 is 28.3 Å². The average molecular weight is 439 g/mol. The zero-order chi connectivity index (χ0) is 21.7. The molecule has 0 aliphatic carbocycles. The molecule has 0 unspecified atom stereocenters. The lowest BCUT2D eigenvalue weighted by Crippen LogP contribution is -2.31. The highest BCUT2D eigenvalue weighted by Gasteiger charge is 2.27. The molecule has 10 nitrogen and oxygen atoms in total. The Labute approximate surface area is 176 Å². The molecule has 0 fully saturated rings. The first-order chi connectivity index (χ1) is 13.6. The standard InChI is InChI=1S/C17H26N8O2S2/c1-7(18)11-14(29-8(2)23-11)16(27)25-10(5-4-6-22-17(20)21)12-13(15(19)26)28-9(3)24-12/h7,10H,4-6,18H2,1-3H3,(H2,19,26)(H,25,27)(H4,20,21,22)/t7-,10-/m0/s1. The molecule has 0 spiro atoms. The molecule has 2 aromatic rings. The van der Waals surface area contributed by atoms with E-state index in [1.807, 2.05) is 6.92 Å². The number of hydrogen-bond donors (Lipinski definition) is 5. The van der Waals surface area contributed by atoms with Crippen molar-refractivity contribution in [3.05, 3.63) is 31.2 Å². The van der Waals surface area contributed by atoms with Crippen molar-refractivity contribution < 1.29 is 9.59 Å². The highest BCUT2D eigenvalue weighted by molar-refractivity contribution is 7.14. The highest BCUT2D eigenvalue weighted by Crippen LogP contribution is 2.28. The Kier molecular flexibility index (Phi) is 7.65. The fourth-order valence-corrected chi connectivity index (χ4v) is 4.53. The summed E-state index contributed by atoms with van der Waals surface area (Å²) in [5.74, 6) is -0.913. The van der Waals surface area contributed by atoms with Crippen LogP contribution in [0.3, 0.4) is 0 Å². The molecular formula is C17H26N8O2S2. The Morgan fingerprint density at radius 2 is 1.66 bits per heavy atom. The van der Waals surface area contributed by atoms with Crippen LogP contribution < -0.4 is 28.3 Å². The van der Waals surface area contributed by atoms with Crippen LogP contribution in [0.1, 0.15) is 72.6 Å². The molecule has 2 atom stereocenters. The minimum Gasteiger partial charge on any atom is -0.370 e. The van der Waals surface area contributed by atoms with E-state index in [1.54, 1.807) is 13.8 Å². The van der Waals surface area contributed by atoms with Crippen LogP contribution in [0.4, 0.5) is 0 Å². The van der Waals surface area contributed by atoms with Crippen molar-refractivity contribution in [1.29, 1.82) is 0 Å². The van der Waals surface area contributed by atoms with Gasteiger partial charge in [-0.05, 0) is 33.6 Å². The molecule has 0 saturated heterocycles. The minimum absolute atomic E-state index is 0.00498. The van der Waals surface area contributed by atoms with Crippen LogP contribution in [-0.2, 0) is 0 Å². The van der Waals surface area contributed by atoms with Gasteiger partial charge in [0.05, 0.1) is 27.4 Å². The second-order valence-corrected chi connectivity index (χ2v) is 8.93. The molecular weight excluding hydrogens is 412 g/mol. The molecule has 12 heteroatoms. The van der Waals surface area contributed by atoms with E-state index in [2.05, 4.69) is 20.3 Å². The first-order valence-electron chi connectivity index (χ1n) is 8.96. The summed E-state index contributed by atoms with van der Waals surface area (Å²) < 4.78 is 0. The van der Waals surface area contributed by atoms with Crippen LogP contribution in [0.25, 0.3) is 0 Å². The lowest BCUT2D eigenvalue weighted by molar-refractivity contribution is 0.0931. The average Bonchev–Trinajstić information content (AvgIpc) is 3.20. The molecule has 2 amide bonds. The third-order valence-electron chi connectivity index (χ3n) is 3.96. The van der Waals surface area contributed by atoms with Crippen molar-refractivity contribution in [3.63, 3.8) is 0 Å². The molecule has 0 saturated carbocycles. The summed E-state index contributed by atoms with van der Waals surface area (Å²) in [5, 5.41) is 4.38. The molecule has 2 rings (SSSR count). The number of aliphatic imine (C=N–C) groups is 1. The normalized spacial score (nSPS) is 13.0. The number of aryl methyl sites for hydroxylation is 2. The zero-order valence-corrected chi connectivity index (χ0v) is 18.2. The number of carbonyl (C=O) groups excluding carboxylic acids is 2. The minimum atomic E-state index is -0.584. The smallest absolute Gasteiger partial charge is 0.263 e. The molecule has 158 valence electrons. The van der Waals surface area contributed by atoms with Gasteiger partial charge in [0.25, 0.3) is 11.8 Å². The summed E-state index contributed by atoms with van der Waals surface area (Å²) in [6.45, 7) is 5.75. The van der Waals surface area contributed by atoms with Crippen molar-refractivity contribution in [2.24, 2.45) is 27.9 Å². The lowest BCUT2D eigenvalue weighted by Gasteiger charge is -2.18. The van der Waals surface area contributed by atoms with Gasteiger partial charge >= 0.3 is 0 Å². The molecule has 0 aliphatic rings. The van der Waals surface area contributed by atoms with E-state index in [4.69, 9.17) is 22.9 Å². The molecule has 9 N–H and O–H groups in total. The van der Waals surface area contributed by atoms with Gasteiger partial charge in [-0.1, -0.05) is 0 Å². The second-order valence-electron chi connectivity index (χ2n) is 6.52. The summed E-state index contributed by atoms with van der Waals surface area (Å²) >= 11 is 2.46. The van der Waals surface area contributed by atoms with E-state index in [-0.39, 0.29) is 17.9 Å². The van der Waals surface area contributed by atoms with Crippen molar-refractivity contribution in [2.75, 3.05) is 6.54 Å². The van der Waals surface area contributed by atoms with E-state index in [0.717, 1.165) is 5.01 Å². The number of aromatic nitrogens is 2. The van der Waals surface area contributed by atoms with E-state index >= 15 is 0 Å². The Morgan fingerprint density at radius 3 is 2.21 bits per heavy atom. The predicted octanol–water partition coefficient (Wildman–Crippen LogP) is 0.860. The number of primary amides is 1. The van der Waals surface area contributed by atoms with Crippen molar-refractivity contribution >= 4 is 40.4 Å². The van der Waals surface area contributed by atoms with Crippen LogP contribution in [-0.4, -0.2) is 34.3 Å². The molecule has 29 heavy (non-hydrogen) atoms. The Morgan fingerprint density at radius 1 is 1.07 bits per heavy atom. The lowest BCUT2D eigenvalue weighted by atomic mass is 10.1. The van der Waals surface area contributed by atoms with E-state index in [9.17, 15) is 9.59 Å². The number of nitrogens with one attached hydrogen (secondary N) is 1. The number of nitrogens with two attached hydrogens (primary N) is 4. The number of nitrogens with zero attached hydrogens (tertiary/aromatic N) is 3. The summed E-state index contributed by atoms with van der Waals surface area (Å²) in [4.78, 5) is 38.4. The summed E-state index contributed by atoms with van der Waals surface area (Å²) in [5.41, 5.74) is 23.2. The molecule has 0 bridgehead atoms. The maximum Gasteiger partial charge on any atom is 0.263 e. The number of hydrogen-bond acceptors (Lipinski definition) is 8. The topological polar surface area (TPSA) is 188 Å². The second kappa shape index (κ2) is 9.76. The van der Waals surface area contributed by atoms with Gasteiger partial charge in [-0.2, -0.15) is 0 Å². The Balaban J connectivity index is 2.31. The first-order valence-corrected chi connectivity index (χ1v) is 10.6. The van der Waals surface area contributed by atoms with Crippen LogP contribution in [0.15, 0.2) is 4.99 Å². The van der Waals surface area contributed by atoms with Gasteiger partial charge in [-0.15, -0.1) is 22.7 Å². The molecule has 0 radical (unpaired) electrons. The van der Waals surface area contributed by atoms with Crippen LogP contribution >= 0.6 is 22.7 Å². The predicted molar refractivity (Wildman–Crippen MR) is 115 cm³/mol. The van der Waals surface area contributed by atoms with Gasteiger partial charge in [0, 0.05) is 12.6 Å². The molecule has 0 aliphatic heterocycles. The van der Waals surface area contributed by atoms with Crippen LogP contribution in [0, 0.1) is 13.8 Å².